The van der Waals surface area contributed by atoms with Crippen LogP contribution in [0, 0.1) is 23.3 Å². The van der Waals surface area contributed by atoms with E-state index in [4.69, 9.17) is 5.14 Å². The molecule has 0 aliphatic carbocycles. The quantitative estimate of drug-likeness (QED) is 0.636. The number of rotatable bonds is 4. The zero-order valence-corrected chi connectivity index (χ0v) is 16.2. The molecule has 3 aromatic rings. The first kappa shape index (κ1) is 20.8. The minimum Gasteiger partial charge on any atom is -0.373 e. The monoisotopic (exact) mass is 424 g/mol. The van der Waals surface area contributed by atoms with Gasteiger partial charge in [-0.3, -0.25) is 0 Å². The standard InChI is InChI=1S/C20H16F4N2O2S/c1-26(2)20-18(23)7-12(8-19(20)24)15-10-17(22)16(21)9-14(15)11-3-5-13(6-4-11)29(25,27)28/h3-10H,1-2H3,(H2,25,27,28). The third-order valence-electron chi connectivity index (χ3n) is 4.33. The molecular formula is C20H16F4N2O2S. The van der Waals surface area contributed by atoms with Crippen molar-refractivity contribution in [3.63, 3.8) is 0 Å². The molecule has 0 saturated carbocycles. The first-order valence-corrected chi connectivity index (χ1v) is 9.82. The van der Waals surface area contributed by atoms with Gasteiger partial charge in [0.15, 0.2) is 11.6 Å². The van der Waals surface area contributed by atoms with Crippen LogP contribution in [0.4, 0.5) is 23.2 Å². The maximum absolute atomic E-state index is 14.4. The molecule has 3 aromatic carbocycles. The highest BCUT2D eigenvalue weighted by atomic mass is 32.2. The molecule has 0 amide bonds. The number of sulfonamides is 1. The van der Waals surface area contributed by atoms with Crippen LogP contribution in [-0.2, 0) is 10.0 Å². The van der Waals surface area contributed by atoms with Crippen LogP contribution in [0.1, 0.15) is 0 Å². The number of nitrogens with two attached hydrogens (primary N) is 1. The average molecular weight is 424 g/mol. The molecule has 0 spiro atoms. The fourth-order valence-electron chi connectivity index (χ4n) is 3.00. The minimum atomic E-state index is -3.94. The molecule has 0 atom stereocenters. The van der Waals surface area contributed by atoms with Crippen molar-refractivity contribution in [2.45, 2.75) is 4.90 Å². The van der Waals surface area contributed by atoms with Crippen molar-refractivity contribution in [1.29, 1.82) is 0 Å². The highest BCUT2D eigenvalue weighted by molar-refractivity contribution is 7.89. The van der Waals surface area contributed by atoms with Crippen LogP contribution in [0.2, 0.25) is 0 Å². The summed E-state index contributed by atoms with van der Waals surface area (Å²) in [5, 5.41) is 5.06. The number of nitrogens with zero attached hydrogens (tertiary/aromatic N) is 1. The van der Waals surface area contributed by atoms with Gasteiger partial charge in [-0.05, 0) is 58.7 Å². The lowest BCUT2D eigenvalue weighted by molar-refractivity contribution is 0.509. The van der Waals surface area contributed by atoms with Crippen LogP contribution >= 0.6 is 0 Å². The second kappa shape index (κ2) is 7.49. The zero-order valence-electron chi connectivity index (χ0n) is 15.4. The van der Waals surface area contributed by atoms with E-state index in [-0.39, 0.29) is 27.3 Å². The van der Waals surface area contributed by atoms with Crippen LogP contribution in [0.15, 0.2) is 53.4 Å². The highest BCUT2D eigenvalue weighted by Crippen LogP contribution is 2.37. The molecule has 2 N–H and O–H groups in total. The molecule has 4 nitrogen and oxygen atoms in total. The van der Waals surface area contributed by atoms with Crippen molar-refractivity contribution in [3.05, 3.63) is 71.8 Å². The Kier molecular flexibility index (Phi) is 5.38. The Bertz CT molecular complexity index is 1170. The van der Waals surface area contributed by atoms with E-state index in [1.165, 1.54) is 43.3 Å². The summed E-state index contributed by atoms with van der Waals surface area (Å²) >= 11 is 0. The van der Waals surface area contributed by atoms with E-state index in [1.807, 2.05) is 0 Å². The largest absolute Gasteiger partial charge is 0.373 e. The lowest BCUT2D eigenvalue weighted by Crippen LogP contribution is -2.13. The van der Waals surface area contributed by atoms with Crippen LogP contribution in [0.5, 0.6) is 0 Å². The molecule has 0 saturated heterocycles. The molecule has 0 radical (unpaired) electrons. The van der Waals surface area contributed by atoms with Gasteiger partial charge in [0.25, 0.3) is 0 Å². The van der Waals surface area contributed by atoms with Gasteiger partial charge in [-0.2, -0.15) is 0 Å². The third-order valence-corrected chi connectivity index (χ3v) is 5.26. The Hall–Kier alpha value is -2.91. The molecular weight excluding hydrogens is 408 g/mol. The van der Waals surface area contributed by atoms with Gasteiger partial charge in [-0.1, -0.05) is 12.1 Å². The molecule has 0 fully saturated rings. The summed E-state index contributed by atoms with van der Waals surface area (Å²) in [6, 6.07) is 8.85. The summed E-state index contributed by atoms with van der Waals surface area (Å²) in [5.74, 6) is -4.09. The van der Waals surface area contributed by atoms with Crippen molar-refractivity contribution in [2.75, 3.05) is 19.0 Å². The second-order valence-corrected chi connectivity index (χ2v) is 8.13. The summed E-state index contributed by atoms with van der Waals surface area (Å²) < 4.78 is 79.5. The Morgan fingerprint density at radius 2 is 1.17 bits per heavy atom. The molecule has 0 aliphatic heterocycles. The molecule has 0 aromatic heterocycles. The molecule has 0 aliphatic rings. The van der Waals surface area contributed by atoms with E-state index in [0.29, 0.717) is 5.56 Å². The van der Waals surface area contributed by atoms with Gasteiger partial charge >= 0.3 is 0 Å². The molecule has 152 valence electrons. The van der Waals surface area contributed by atoms with Crippen molar-refractivity contribution in [1.82, 2.24) is 0 Å². The van der Waals surface area contributed by atoms with E-state index in [0.717, 1.165) is 24.3 Å². The lowest BCUT2D eigenvalue weighted by atomic mass is 9.93. The highest BCUT2D eigenvalue weighted by Gasteiger charge is 2.19. The topological polar surface area (TPSA) is 63.4 Å². The molecule has 29 heavy (non-hydrogen) atoms. The maximum atomic E-state index is 14.4. The fourth-order valence-corrected chi connectivity index (χ4v) is 3.51. The van der Waals surface area contributed by atoms with Gasteiger partial charge in [0.05, 0.1) is 4.90 Å². The molecule has 9 heteroatoms. The summed E-state index contributed by atoms with van der Waals surface area (Å²) in [4.78, 5) is 1.09. The Morgan fingerprint density at radius 3 is 1.59 bits per heavy atom. The van der Waals surface area contributed by atoms with Gasteiger partial charge in [0.1, 0.15) is 17.3 Å². The average Bonchev–Trinajstić information content (AvgIpc) is 2.62. The molecule has 0 heterocycles. The first-order chi connectivity index (χ1) is 13.5. The van der Waals surface area contributed by atoms with E-state index >= 15 is 0 Å². The number of hydrogen-bond donors (Lipinski definition) is 1. The number of halogens is 4. The zero-order chi connectivity index (χ0) is 21.5. The Labute approximate surface area is 165 Å². The van der Waals surface area contributed by atoms with Crippen molar-refractivity contribution >= 4 is 15.7 Å². The van der Waals surface area contributed by atoms with Gasteiger partial charge < -0.3 is 4.90 Å². The first-order valence-electron chi connectivity index (χ1n) is 8.28. The fraction of sp³-hybridized carbons (Fsp3) is 0.100. The molecule has 0 bridgehead atoms. The Morgan fingerprint density at radius 1 is 0.724 bits per heavy atom. The van der Waals surface area contributed by atoms with Gasteiger partial charge in [-0.15, -0.1) is 0 Å². The lowest BCUT2D eigenvalue weighted by Gasteiger charge is -2.17. The van der Waals surface area contributed by atoms with E-state index in [1.54, 1.807) is 0 Å². The SMILES string of the molecule is CN(C)c1c(F)cc(-c2cc(F)c(F)cc2-c2ccc(S(N)(=O)=O)cc2)cc1F. The van der Waals surface area contributed by atoms with Crippen LogP contribution in [0.3, 0.4) is 0 Å². The minimum absolute atomic E-state index is 0.00461. The normalized spacial score (nSPS) is 11.6. The smallest absolute Gasteiger partial charge is 0.238 e. The summed E-state index contributed by atoms with van der Waals surface area (Å²) in [6.07, 6.45) is 0. The van der Waals surface area contributed by atoms with E-state index < -0.39 is 33.3 Å². The number of anilines is 1. The van der Waals surface area contributed by atoms with E-state index in [9.17, 15) is 26.0 Å². The van der Waals surface area contributed by atoms with Crippen molar-refractivity contribution in [2.24, 2.45) is 5.14 Å². The number of primary sulfonamides is 1. The predicted molar refractivity (Wildman–Crippen MR) is 103 cm³/mol. The summed E-state index contributed by atoms with van der Waals surface area (Å²) in [6.45, 7) is 0. The van der Waals surface area contributed by atoms with E-state index in [2.05, 4.69) is 0 Å². The van der Waals surface area contributed by atoms with Crippen LogP contribution in [-0.4, -0.2) is 22.5 Å². The van der Waals surface area contributed by atoms with Crippen LogP contribution < -0.4 is 10.0 Å². The predicted octanol–water partition coefficient (Wildman–Crippen LogP) is 4.29. The molecule has 3 rings (SSSR count). The van der Waals surface area contributed by atoms with Crippen molar-refractivity contribution in [3.8, 4) is 22.3 Å². The second-order valence-electron chi connectivity index (χ2n) is 6.56. The number of benzene rings is 3. The summed E-state index contributed by atoms with van der Waals surface area (Å²) in [5.41, 5.74) is 0.200. The molecule has 0 unspecified atom stereocenters. The summed E-state index contributed by atoms with van der Waals surface area (Å²) in [7, 11) is -1.00. The third kappa shape index (κ3) is 4.10. The van der Waals surface area contributed by atoms with Gasteiger partial charge in [-0.25, -0.2) is 31.1 Å². The number of hydrogen-bond acceptors (Lipinski definition) is 3. The Balaban J connectivity index is 2.23. The van der Waals surface area contributed by atoms with Crippen molar-refractivity contribution < 1.29 is 26.0 Å². The van der Waals surface area contributed by atoms with Gasteiger partial charge in [0, 0.05) is 14.1 Å². The maximum Gasteiger partial charge on any atom is 0.238 e. The van der Waals surface area contributed by atoms with Crippen LogP contribution in [0.25, 0.3) is 22.3 Å². The van der Waals surface area contributed by atoms with Gasteiger partial charge in [0.2, 0.25) is 10.0 Å².